The zero-order valence-electron chi connectivity index (χ0n) is 11.1. The molecule has 0 saturated carbocycles. The van der Waals surface area contributed by atoms with Gasteiger partial charge in [-0.15, -0.1) is 0 Å². The topological polar surface area (TPSA) is 44.1 Å². The van der Waals surface area contributed by atoms with E-state index in [1.165, 1.54) is 0 Å². The largest absolute Gasteiger partial charge is 0.496 e. The number of ketones is 1. The molecule has 19 heavy (non-hydrogen) atoms. The summed E-state index contributed by atoms with van der Waals surface area (Å²) >= 11 is 5.96. The third kappa shape index (κ3) is 2.96. The first-order valence-electron chi connectivity index (χ1n) is 5.87. The van der Waals surface area contributed by atoms with E-state index in [4.69, 9.17) is 16.3 Å². The molecule has 0 amide bonds. The van der Waals surface area contributed by atoms with Gasteiger partial charge in [0.05, 0.1) is 18.4 Å². The van der Waals surface area contributed by atoms with Gasteiger partial charge < -0.3 is 4.74 Å². The predicted molar refractivity (Wildman–Crippen MR) is 74.0 cm³/mol. The molecule has 0 aliphatic rings. The molecule has 1 aromatic carbocycles. The van der Waals surface area contributed by atoms with Crippen molar-refractivity contribution < 1.29 is 9.53 Å². The van der Waals surface area contributed by atoms with E-state index in [-0.39, 0.29) is 12.2 Å². The smallest absolute Gasteiger partial charge is 0.170 e. The maximum absolute atomic E-state index is 12.3. The molecule has 0 aliphatic heterocycles. The molecule has 1 heterocycles. The normalized spacial score (nSPS) is 10.5. The lowest BCUT2D eigenvalue weighted by Gasteiger charge is -2.08. The van der Waals surface area contributed by atoms with E-state index in [1.807, 2.05) is 6.92 Å². The van der Waals surface area contributed by atoms with Gasteiger partial charge in [-0.3, -0.25) is 9.48 Å². The molecular formula is C14H15ClN2O2. The number of ether oxygens (including phenoxy) is 1. The second-order valence-electron chi connectivity index (χ2n) is 4.36. The van der Waals surface area contributed by atoms with Crippen LogP contribution < -0.4 is 4.74 Å². The number of hydrogen-bond acceptors (Lipinski definition) is 3. The summed E-state index contributed by atoms with van der Waals surface area (Å²) in [6, 6.07) is 5.26. The van der Waals surface area contributed by atoms with Crippen LogP contribution in [0.15, 0.2) is 24.4 Å². The number of rotatable bonds is 4. The number of carbonyl (C=O) groups is 1. The summed E-state index contributed by atoms with van der Waals surface area (Å²) in [6.07, 6.45) is 1.98. The number of halogens is 1. The highest BCUT2D eigenvalue weighted by molar-refractivity contribution is 6.30. The van der Waals surface area contributed by atoms with Crippen LogP contribution in [0.4, 0.5) is 0 Å². The molecule has 0 N–H and O–H groups in total. The minimum absolute atomic E-state index is 0.00571. The number of Topliss-reactive ketones (excluding diaryl/α,β-unsaturated/α-hetero) is 1. The van der Waals surface area contributed by atoms with E-state index in [1.54, 1.807) is 43.2 Å². The summed E-state index contributed by atoms with van der Waals surface area (Å²) < 4.78 is 6.88. The molecule has 2 rings (SSSR count). The third-order valence-corrected chi connectivity index (χ3v) is 3.14. The summed E-state index contributed by atoms with van der Waals surface area (Å²) in [7, 11) is 3.37. The van der Waals surface area contributed by atoms with Crippen LogP contribution in [0.2, 0.25) is 5.02 Å². The van der Waals surface area contributed by atoms with Crippen LogP contribution in [-0.4, -0.2) is 22.7 Å². The molecule has 0 fully saturated rings. The molecule has 0 saturated heterocycles. The number of methoxy groups -OCH3 is 1. The zero-order chi connectivity index (χ0) is 14.0. The number of nitrogens with zero attached hydrogens (tertiary/aromatic N) is 2. The Morgan fingerprint density at radius 1 is 1.47 bits per heavy atom. The van der Waals surface area contributed by atoms with Gasteiger partial charge in [0.15, 0.2) is 5.78 Å². The SMILES string of the molecule is COc1ccc(Cl)cc1CC(=O)c1cn(C)nc1C. The van der Waals surface area contributed by atoms with E-state index in [9.17, 15) is 4.79 Å². The summed E-state index contributed by atoms with van der Waals surface area (Å²) in [4.78, 5) is 12.3. The second-order valence-corrected chi connectivity index (χ2v) is 4.79. The minimum atomic E-state index is 0.00571. The van der Waals surface area contributed by atoms with Crippen LogP contribution in [0.5, 0.6) is 5.75 Å². The Balaban J connectivity index is 2.28. The van der Waals surface area contributed by atoms with Crippen molar-refractivity contribution in [3.05, 3.63) is 46.2 Å². The highest BCUT2D eigenvalue weighted by Gasteiger charge is 2.15. The van der Waals surface area contributed by atoms with Crippen LogP contribution in [0, 0.1) is 6.92 Å². The Labute approximate surface area is 116 Å². The van der Waals surface area contributed by atoms with Crippen LogP contribution in [0.3, 0.4) is 0 Å². The monoisotopic (exact) mass is 278 g/mol. The average molecular weight is 279 g/mol. The maximum Gasteiger partial charge on any atom is 0.170 e. The number of benzene rings is 1. The van der Waals surface area contributed by atoms with Crippen molar-refractivity contribution in [1.29, 1.82) is 0 Å². The van der Waals surface area contributed by atoms with Gasteiger partial charge in [-0.25, -0.2) is 0 Å². The highest BCUT2D eigenvalue weighted by Crippen LogP contribution is 2.24. The van der Waals surface area contributed by atoms with Crippen LogP contribution >= 0.6 is 11.6 Å². The molecule has 100 valence electrons. The first-order valence-corrected chi connectivity index (χ1v) is 6.25. The van der Waals surface area contributed by atoms with Gasteiger partial charge in [-0.2, -0.15) is 5.10 Å². The third-order valence-electron chi connectivity index (χ3n) is 2.91. The van der Waals surface area contributed by atoms with Gasteiger partial charge in [0, 0.05) is 30.3 Å². The van der Waals surface area contributed by atoms with Crippen LogP contribution in [-0.2, 0) is 13.5 Å². The molecule has 0 aliphatic carbocycles. The highest BCUT2D eigenvalue weighted by atomic mass is 35.5. The molecule has 0 radical (unpaired) electrons. The minimum Gasteiger partial charge on any atom is -0.496 e. The van der Waals surface area contributed by atoms with Crippen molar-refractivity contribution in [1.82, 2.24) is 9.78 Å². The van der Waals surface area contributed by atoms with Gasteiger partial charge in [-0.05, 0) is 25.1 Å². The lowest BCUT2D eigenvalue weighted by Crippen LogP contribution is -2.05. The summed E-state index contributed by atoms with van der Waals surface area (Å²) in [5.41, 5.74) is 2.14. The van der Waals surface area contributed by atoms with E-state index < -0.39 is 0 Å². The molecule has 0 atom stereocenters. The van der Waals surface area contributed by atoms with E-state index in [2.05, 4.69) is 5.10 Å². The molecule has 2 aromatic rings. The Morgan fingerprint density at radius 3 is 2.79 bits per heavy atom. The summed E-state index contributed by atoms with van der Waals surface area (Å²) in [5, 5.41) is 4.76. The predicted octanol–water partition coefficient (Wildman–Crippen LogP) is 2.82. The van der Waals surface area contributed by atoms with Crippen molar-refractivity contribution in [2.75, 3.05) is 7.11 Å². The fourth-order valence-corrected chi connectivity index (χ4v) is 2.22. The van der Waals surface area contributed by atoms with Gasteiger partial charge in [0.25, 0.3) is 0 Å². The zero-order valence-corrected chi connectivity index (χ0v) is 11.9. The average Bonchev–Trinajstić information content (AvgIpc) is 2.69. The summed E-state index contributed by atoms with van der Waals surface area (Å²) in [5.74, 6) is 0.672. The Hall–Kier alpha value is -1.81. The molecule has 0 unspecified atom stereocenters. The van der Waals surface area contributed by atoms with Crippen LogP contribution in [0.1, 0.15) is 21.6 Å². The first kappa shape index (κ1) is 13.6. The van der Waals surface area contributed by atoms with Crippen molar-refractivity contribution in [3.63, 3.8) is 0 Å². The number of aryl methyl sites for hydroxylation is 2. The lowest BCUT2D eigenvalue weighted by atomic mass is 10.0. The van der Waals surface area contributed by atoms with E-state index in [0.717, 1.165) is 11.3 Å². The Bertz CT molecular complexity index is 620. The molecule has 1 aromatic heterocycles. The van der Waals surface area contributed by atoms with Gasteiger partial charge in [-0.1, -0.05) is 11.6 Å². The van der Waals surface area contributed by atoms with Crippen LogP contribution in [0.25, 0.3) is 0 Å². The number of aromatic nitrogens is 2. The van der Waals surface area contributed by atoms with Gasteiger partial charge in [0.1, 0.15) is 5.75 Å². The second kappa shape index (κ2) is 5.45. The van der Waals surface area contributed by atoms with E-state index in [0.29, 0.717) is 16.3 Å². The van der Waals surface area contributed by atoms with Crippen molar-refractivity contribution in [2.45, 2.75) is 13.3 Å². The van der Waals surface area contributed by atoms with Crippen molar-refractivity contribution in [3.8, 4) is 5.75 Å². The first-order chi connectivity index (χ1) is 9.01. The molecule has 0 bridgehead atoms. The summed E-state index contributed by atoms with van der Waals surface area (Å²) in [6.45, 7) is 1.82. The molecular weight excluding hydrogens is 264 g/mol. The Kier molecular flexibility index (Phi) is 3.90. The van der Waals surface area contributed by atoms with Gasteiger partial charge in [0.2, 0.25) is 0 Å². The quantitative estimate of drug-likeness (QED) is 0.808. The molecule has 0 spiro atoms. The molecule has 4 nitrogen and oxygen atoms in total. The van der Waals surface area contributed by atoms with Gasteiger partial charge >= 0.3 is 0 Å². The number of hydrogen-bond donors (Lipinski definition) is 0. The molecule has 5 heteroatoms. The number of carbonyl (C=O) groups excluding carboxylic acids is 1. The fourth-order valence-electron chi connectivity index (χ4n) is 2.03. The maximum atomic E-state index is 12.3. The standard InChI is InChI=1S/C14H15ClN2O2/c1-9-12(8-17(2)16-9)13(18)7-10-6-11(15)4-5-14(10)19-3/h4-6,8H,7H2,1-3H3. The van der Waals surface area contributed by atoms with Crippen molar-refractivity contribution >= 4 is 17.4 Å². The van der Waals surface area contributed by atoms with E-state index >= 15 is 0 Å². The lowest BCUT2D eigenvalue weighted by molar-refractivity contribution is 0.0991. The fraction of sp³-hybridized carbons (Fsp3) is 0.286. The Morgan fingerprint density at radius 2 is 2.21 bits per heavy atom. The van der Waals surface area contributed by atoms with Crippen molar-refractivity contribution in [2.24, 2.45) is 7.05 Å².